The third-order valence-electron chi connectivity index (χ3n) is 3.93. The van der Waals surface area contributed by atoms with Gasteiger partial charge in [-0.2, -0.15) is 10.2 Å². The van der Waals surface area contributed by atoms with Crippen LogP contribution in [-0.4, -0.2) is 33.2 Å². The monoisotopic (exact) mass is 338 g/mol. The molecule has 0 aliphatic heterocycles. The molecule has 7 heteroatoms. The van der Waals surface area contributed by atoms with Crippen LogP contribution >= 0.6 is 0 Å². The number of rotatable bonds is 5. The molecule has 0 amide bonds. The molecule has 2 radical (unpaired) electrons. The van der Waals surface area contributed by atoms with Gasteiger partial charge in [0.25, 0.3) is 0 Å². The molecule has 6 nitrogen and oxygen atoms in total. The lowest BCUT2D eigenvalue weighted by atomic mass is 9.89. The summed E-state index contributed by atoms with van der Waals surface area (Å²) in [6.45, 7) is 0.509. The number of aromatic nitrogens is 5. The molecule has 0 unspecified atom stereocenters. The van der Waals surface area contributed by atoms with Crippen LogP contribution in [0.1, 0.15) is 5.69 Å². The average molecular weight is 338 g/mol. The lowest BCUT2D eigenvalue weighted by Gasteiger charge is -2.07. The lowest BCUT2D eigenvalue weighted by molar-refractivity contribution is 0.923. The van der Waals surface area contributed by atoms with Gasteiger partial charge in [-0.15, -0.1) is 5.10 Å². The zero-order valence-corrected chi connectivity index (χ0v) is 13.9. The van der Waals surface area contributed by atoms with E-state index < -0.39 is 0 Å². The van der Waals surface area contributed by atoms with Gasteiger partial charge in [0.05, 0.1) is 29.8 Å². The number of hydrogen-bond acceptors (Lipinski definition) is 5. The molecule has 2 N–H and O–H groups in total. The van der Waals surface area contributed by atoms with Crippen molar-refractivity contribution < 1.29 is 0 Å². The fourth-order valence-electron chi connectivity index (χ4n) is 2.62. The van der Waals surface area contributed by atoms with Crippen molar-refractivity contribution in [2.24, 2.45) is 0 Å². The second kappa shape index (κ2) is 7.19. The van der Waals surface area contributed by atoms with E-state index in [4.69, 9.17) is 7.85 Å². The van der Waals surface area contributed by atoms with Crippen molar-refractivity contribution in [1.82, 2.24) is 25.4 Å². The van der Waals surface area contributed by atoms with Crippen LogP contribution in [0.3, 0.4) is 0 Å². The van der Waals surface area contributed by atoms with E-state index in [0.717, 1.165) is 22.5 Å². The molecule has 2 heterocycles. The van der Waals surface area contributed by atoms with Crippen molar-refractivity contribution in [1.29, 1.82) is 0 Å². The van der Waals surface area contributed by atoms with Crippen LogP contribution < -0.4 is 10.8 Å². The summed E-state index contributed by atoms with van der Waals surface area (Å²) < 4.78 is 0. The van der Waals surface area contributed by atoms with Gasteiger partial charge >= 0.3 is 0 Å². The molecule has 0 saturated heterocycles. The van der Waals surface area contributed by atoms with Gasteiger partial charge in [0.1, 0.15) is 7.85 Å². The maximum absolute atomic E-state index is 6.00. The minimum absolute atomic E-state index is 0.432. The summed E-state index contributed by atoms with van der Waals surface area (Å²) in [6.07, 6.45) is 1.60. The summed E-state index contributed by atoms with van der Waals surface area (Å²) in [5.74, 6) is 0.432. The van der Waals surface area contributed by atoms with Gasteiger partial charge in [-0.1, -0.05) is 60.1 Å². The van der Waals surface area contributed by atoms with E-state index in [1.165, 1.54) is 0 Å². The lowest BCUT2D eigenvalue weighted by Crippen LogP contribution is -2.09. The summed E-state index contributed by atoms with van der Waals surface area (Å²) in [4.78, 5) is 4.48. The number of H-pyrrole nitrogens is 1. The van der Waals surface area contributed by atoms with Gasteiger partial charge in [0.15, 0.2) is 0 Å². The Kier molecular flexibility index (Phi) is 4.43. The predicted molar refractivity (Wildman–Crippen MR) is 102 cm³/mol. The topological polar surface area (TPSA) is 79.4 Å². The van der Waals surface area contributed by atoms with Crippen LogP contribution in [0.4, 0.5) is 5.95 Å². The van der Waals surface area contributed by atoms with Crippen LogP contribution in [0.2, 0.25) is 0 Å². The average Bonchev–Trinajstić information content (AvgIpc) is 3.17. The molecule has 0 spiro atoms. The molecule has 2 aromatic heterocycles. The molecule has 0 fully saturated rings. The van der Waals surface area contributed by atoms with E-state index in [2.05, 4.69) is 30.7 Å². The van der Waals surface area contributed by atoms with Crippen molar-refractivity contribution in [2.45, 2.75) is 6.54 Å². The first kappa shape index (κ1) is 16.0. The molecule has 4 rings (SSSR count). The smallest absolute Gasteiger partial charge is 0.243 e. The third-order valence-corrected chi connectivity index (χ3v) is 3.93. The molecule has 0 aliphatic carbocycles. The van der Waals surface area contributed by atoms with Gasteiger partial charge < -0.3 is 5.32 Å². The Morgan fingerprint density at radius 2 is 1.77 bits per heavy atom. The second-order valence-electron chi connectivity index (χ2n) is 5.75. The molecule has 0 bridgehead atoms. The Bertz CT molecular complexity index is 1020. The van der Waals surface area contributed by atoms with Crippen LogP contribution in [0.15, 0.2) is 66.9 Å². The van der Waals surface area contributed by atoms with E-state index in [0.29, 0.717) is 23.6 Å². The van der Waals surface area contributed by atoms with Crippen molar-refractivity contribution in [3.63, 3.8) is 0 Å². The van der Waals surface area contributed by atoms with Gasteiger partial charge in [0.2, 0.25) is 5.95 Å². The van der Waals surface area contributed by atoms with Gasteiger partial charge in [-0.25, -0.2) is 4.98 Å². The van der Waals surface area contributed by atoms with E-state index >= 15 is 0 Å². The number of benzene rings is 2. The highest BCUT2D eigenvalue weighted by atomic mass is 15.2. The van der Waals surface area contributed by atoms with E-state index in [-0.39, 0.29) is 0 Å². The zero-order chi connectivity index (χ0) is 17.8. The fraction of sp³-hybridized carbons (Fsp3) is 0.0526. The van der Waals surface area contributed by atoms with Crippen molar-refractivity contribution in [3.8, 4) is 22.5 Å². The van der Waals surface area contributed by atoms with Gasteiger partial charge in [-0.05, 0) is 11.6 Å². The number of nitrogens with zero attached hydrogens (tertiary/aromatic N) is 4. The van der Waals surface area contributed by atoms with Crippen LogP contribution in [-0.2, 0) is 6.54 Å². The molecular weight excluding hydrogens is 323 g/mol. The SMILES string of the molecule is [B]c1ccccc1-c1cnnc(NCc2cc(-c3ccccc3)n[nH]2)n1. The number of anilines is 1. The minimum Gasteiger partial charge on any atom is -0.347 e. The summed E-state index contributed by atoms with van der Waals surface area (Å²) in [6, 6.07) is 19.5. The highest BCUT2D eigenvalue weighted by molar-refractivity contribution is 6.35. The standard InChI is InChI=1S/C19H15BN6/c20-16-9-5-4-8-15(16)18-12-22-26-19(23-18)21-11-14-10-17(25-24-14)13-6-2-1-3-7-13/h1-10,12H,11H2,(H,24,25)(H,21,23,26). The minimum atomic E-state index is 0.432. The maximum atomic E-state index is 6.00. The molecule has 0 aliphatic rings. The second-order valence-corrected chi connectivity index (χ2v) is 5.75. The Hall–Kier alpha value is -3.48. The zero-order valence-electron chi connectivity index (χ0n) is 13.9. The first-order chi connectivity index (χ1) is 12.8. The third kappa shape index (κ3) is 3.46. The van der Waals surface area contributed by atoms with Crippen LogP contribution in [0.25, 0.3) is 22.5 Å². The maximum Gasteiger partial charge on any atom is 0.243 e. The number of aromatic amines is 1. The molecule has 4 aromatic rings. The molecule has 124 valence electrons. The Labute approximate surface area is 152 Å². The van der Waals surface area contributed by atoms with E-state index in [9.17, 15) is 0 Å². The Morgan fingerprint density at radius 3 is 2.62 bits per heavy atom. The van der Waals surface area contributed by atoms with Crippen LogP contribution in [0, 0.1) is 0 Å². The van der Waals surface area contributed by atoms with Crippen molar-refractivity contribution >= 4 is 19.3 Å². The molecular formula is C19H15BN6. The summed E-state index contributed by atoms with van der Waals surface area (Å²) >= 11 is 0. The number of nitrogens with one attached hydrogen (secondary N) is 2. The summed E-state index contributed by atoms with van der Waals surface area (Å²) in [5.41, 5.74) is 5.05. The quantitative estimate of drug-likeness (QED) is 0.546. The van der Waals surface area contributed by atoms with E-state index in [1.54, 1.807) is 6.20 Å². The van der Waals surface area contributed by atoms with Crippen molar-refractivity contribution in [3.05, 3.63) is 72.6 Å². The molecule has 2 aromatic carbocycles. The van der Waals surface area contributed by atoms with Gasteiger partial charge in [-0.3, -0.25) is 5.10 Å². The van der Waals surface area contributed by atoms with E-state index in [1.807, 2.05) is 60.7 Å². The fourth-order valence-corrected chi connectivity index (χ4v) is 2.62. The highest BCUT2D eigenvalue weighted by Crippen LogP contribution is 2.18. The molecule has 0 saturated carbocycles. The summed E-state index contributed by atoms with van der Waals surface area (Å²) in [5, 5.41) is 18.6. The Morgan fingerprint density at radius 1 is 0.962 bits per heavy atom. The van der Waals surface area contributed by atoms with Gasteiger partial charge in [0, 0.05) is 5.56 Å². The Balaban J connectivity index is 1.48. The molecule has 0 atom stereocenters. The first-order valence-electron chi connectivity index (χ1n) is 8.18. The summed E-state index contributed by atoms with van der Waals surface area (Å²) in [7, 11) is 6.00. The first-order valence-corrected chi connectivity index (χ1v) is 8.18. The number of hydrogen-bond donors (Lipinski definition) is 2. The molecule has 26 heavy (non-hydrogen) atoms. The van der Waals surface area contributed by atoms with Crippen molar-refractivity contribution in [2.75, 3.05) is 5.32 Å². The van der Waals surface area contributed by atoms with Crippen LogP contribution in [0.5, 0.6) is 0 Å². The highest BCUT2D eigenvalue weighted by Gasteiger charge is 2.07. The predicted octanol–water partition coefficient (Wildman–Crippen LogP) is 2.33. The largest absolute Gasteiger partial charge is 0.347 e. The normalized spacial score (nSPS) is 10.6.